The number of carbonyl (C=O) groups excluding carboxylic acids is 1. The molecule has 3 N–H and O–H groups in total. The van der Waals surface area contributed by atoms with Crippen LogP contribution in [0.3, 0.4) is 0 Å². The van der Waals surface area contributed by atoms with Crippen LogP contribution in [0.15, 0.2) is 0 Å². The number of hydrogen-bond acceptors (Lipinski definition) is 2. The first-order chi connectivity index (χ1) is 9.63. The van der Waals surface area contributed by atoms with Crippen molar-refractivity contribution in [2.75, 3.05) is 0 Å². The van der Waals surface area contributed by atoms with E-state index in [1.807, 2.05) is 0 Å². The Morgan fingerprint density at radius 1 is 1.00 bits per heavy atom. The summed E-state index contributed by atoms with van der Waals surface area (Å²) < 4.78 is 0. The van der Waals surface area contributed by atoms with Crippen LogP contribution in [-0.2, 0) is 4.79 Å². The number of halogens is 1. The average Bonchev–Trinajstić information content (AvgIpc) is 2.41. The molecule has 0 spiro atoms. The number of nitrogens with one attached hydrogen (secondary N) is 1. The van der Waals surface area contributed by atoms with Crippen LogP contribution < -0.4 is 11.1 Å². The van der Waals surface area contributed by atoms with E-state index < -0.39 is 0 Å². The highest BCUT2D eigenvalue weighted by Crippen LogP contribution is 2.42. The van der Waals surface area contributed by atoms with Crippen molar-refractivity contribution in [2.45, 2.75) is 76.8 Å². The molecule has 3 fully saturated rings. The molecule has 2 unspecified atom stereocenters. The predicted octanol–water partition coefficient (Wildman–Crippen LogP) is 3.26. The maximum atomic E-state index is 12.5. The van der Waals surface area contributed by atoms with Crippen molar-refractivity contribution < 1.29 is 4.79 Å². The summed E-state index contributed by atoms with van der Waals surface area (Å²) >= 11 is 0. The Labute approximate surface area is 135 Å². The molecule has 122 valence electrons. The molecule has 2 atom stereocenters. The van der Waals surface area contributed by atoms with Gasteiger partial charge in [0.2, 0.25) is 5.91 Å². The van der Waals surface area contributed by atoms with E-state index in [0.29, 0.717) is 29.8 Å². The second-order valence-electron chi connectivity index (χ2n) is 7.66. The van der Waals surface area contributed by atoms with Gasteiger partial charge in [-0.1, -0.05) is 13.3 Å². The van der Waals surface area contributed by atoms with Crippen LogP contribution in [0.1, 0.15) is 64.7 Å². The minimum Gasteiger partial charge on any atom is -0.353 e. The lowest BCUT2D eigenvalue weighted by Gasteiger charge is -2.44. The lowest BCUT2D eigenvalue weighted by Crippen LogP contribution is -2.50. The molecular formula is C17H31ClN2O. The summed E-state index contributed by atoms with van der Waals surface area (Å²) in [6.45, 7) is 2.32. The molecule has 3 aliphatic carbocycles. The third-order valence-corrected chi connectivity index (χ3v) is 6.15. The molecule has 0 aliphatic heterocycles. The van der Waals surface area contributed by atoms with E-state index in [4.69, 9.17) is 5.73 Å². The third kappa shape index (κ3) is 3.92. The van der Waals surface area contributed by atoms with Gasteiger partial charge in [0, 0.05) is 18.0 Å². The van der Waals surface area contributed by atoms with Crippen molar-refractivity contribution in [3.8, 4) is 0 Å². The van der Waals surface area contributed by atoms with Gasteiger partial charge in [0.1, 0.15) is 0 Å². The smallest absolute Gasteiger partial charge is 0.223 e. The van der Waals surface area contributed by atoms with Gasteiger partial charge in [-0.05, 0) is 69.1 Å². The summed E-state index contributed by atoms with van der Waals surface area (Å²) in [5.41, 5.74) is 6.31. The van der Waals surface area contributed by atoms with E-state index in [0.717, 1.165) is 18.8 Å². The largest absolute Gasteiger partial charge is 0.353 e. The fraction of sp³-hybridized carbons (Fsp3) is 0.941. The molecular weight excluding hydrogens is 284 g/mol. The van der Waals surface area contributed by atoms with Crippen molar-refractivity contribution in [3.05, 3.63) is 0 Å². The van der Waals surface area contributed by atoms with Crippen LogP contribution in [0.4, 0.5) is 0 Å². The van der Waals surface area contributed by atoms with E-state index in [9.17, 15) is 4.79 Å². The minimum absolute atomic E-state index is 0. The molecule has 3 rings (SSSR count). The number of hydrogen-bond donors (Lipinski definition) is 2. The molecule has 2 bridgehead atoms. The second kappa shape index (κ2) is 7.32. The summed E-state index contributed by atoms with van der Waals surface area (Å²) in [6, 6.07) is 0.803. The molecule has 4 heteroatoms. The van der Waals surface area contributed by atoms with E-state index in [1.165, 1.54) is 44.9 Å². The zero-order valence-corrected chi connectivity index (χ0v) is 14.0. The van der Waals surface area contributed by atoms with Crippen molar-refractivity contribution in [3.63, 3.8) is 0 Å². The highest BCUT2D eigenvalue weighted by atomic mass is 35.5. The van der Waals surface area contributed by atoms with Crippen LogP contribution in [0, 0.1) is 23.7 Å². The normalized spacial score (nSPS) is 42.8. The minimum atomic E-state index is 0. The van der Waals surface area contributed by atoms with E-state index in [1.54, 1.807) is 0 Å². The molecule has 3 aliphatic rings. The lowest BCUT2D eigenvalue weighted by molar-refractivity contribution is -0.128. The van der Waals surface area contributed by atoms with Crippen molar-refractivity contribution >= 4 is 18.3 Å². The fourth-order valence-electron chi connectivity index (χ4n) is 4.73. The van der Waals surface area contributed by atoms with Gasteiger partial charge >= 0.3 is 0 Å². The van der Waals surface area contributed by atoms with Gasteiger partial charge < -0.3 is 11.1 Å². The SMILES string of the molecule is CC1CCC(NC(=O)C2CC3CCCC(C2)C3N)CC1.Cl. The van der Waals surface area contributed by atoms with Gasteiger partial charge in [-0.25, -0.2) is 0 Å². The Kier molecular flexibility index (Phi) is 5.96. The Morgan fingerprint density at radius 3 is 2.14 bits per heavy atom. The molecule has 21 heavy (non-hydrogen) atoms. The van der Waals surface area contributed by atoms with E-state index >= 15 is 0 Å². The van der Waals surface area contributed by atoms with Crippen LogP contribution >= 0.6 is 12.4 Å². The van der Waals surface area contributed by atoms with Gasteiger partial charge in [0.15, 0.2) is 0 Å². The molecule has 0 saturated heterocycles. The monoisotopic (exact) mass is 314 g/mol. The molecule has 3 nitrogen and oxygen atoms in total. The molecule has 0 heterocycles. The summed E-state index contributed by atoms with van der Waals surface area (Å²) in [5.74, 6) is 2.61. The molecule has 0 aromatic carbocycles. The van der Waals surface area contributed by atoms with Crippen molar-refractivity contribution in [1.29, 1.82) is 0 Å². The van der Waals surface area contributed by atoms with E-state index in [2.05, 4.69) is 12.2 Å². The van der Waals surface area contributed by atoms with Crippen LogP contribution in [0.2, 0.25) is 0 Å². The average molecular weight is 315 g/mol. The van der Waals surface area contributed by atoms with Gasteiger partial charge in [-0.3, -0.25) is 4.79 Å². The van der Waals surface area contributed by atoms with Crippen LogP contribution in [0.5, 0.6) is 0 Å². The zero-order chi connectivity index (χ0) is 14.1. The maximum Gasteiger partial charge on any atom is 0.223 e. The number of amides is 1. The standard InChI is InChI=1S/C17H30N2O.ClH/c1-11-5-7-15(8-6-11)19-17(20)14-9-12-3-2-4-13(10-14)16(12)18;/h11-16H,2-10,18H2,1H3,(H,19,20);1H. The number of nitrogens with two attached hydrogens (primary N) is 1. The zero-order valence-electron chi connectivity index (χ0n) is 13.2. The Hall–Kier alpha value is -0.280. The Morgan fingerprint density at radius 2 is 1.57 bits per heavy atom. The van der Waals surface area contributed by atoms with Gasteiger partial charge in [-0.15, -0.1) is 12.4 Å². The summed E-state index contributed by atoms with van der Waals surface area (Å²) in [6.07, 6.45) is 10.7. The highest BCUT2D eigenvalue weighted by molar-refractivity contribution is 5.85. The predicted molar refractivity (Wildman–Crippen MR) is 88.3 cm³/mol. The molecule has 0 radical (unpaired) electrons. The third-order valence-electron chi connectivity index (χ3n) is 6.15. The molecule has 0 aromatic rings. The van der Waals surface area contributed by atoms with Gasteiger partial charge in [0.25, 0.3) is 0 Å². The molecule has 0 aromatic heterocycles. The fourth-order valence-corrected chi connectivity index (χ4v) is 4.73. The first-order valence-corrected chi connectivity index (χ1v) is 8.69. The number of carbonyl (C=O) groups is 1. The topological polar surface area (TPSA) is 55.1 Å². The maximum absolute atomic E-state index is 12.5. The van der Waals surface area contributed by atoms with E-state index in [-0.39, 0.29) is 18.3 Å². The first kappa shape index (κ1) is 17.1. The van der Waals surface area contributed by atoms with Gasteiger partial charge in [0.05, 0.1) is 0 Å². The lowest BCUT2D eigenvalue weighted by atomic mass is 9.65. The number of fused-ring (bicyclic) bond motifs is 2. The molecule has 3 saturated carbocycles. The van der Waals surface area contributed by atoms with Crippen LogP contribution in [-0.4, -0.2) is 18.0 Å². The summed E-state index contributed by atoms with van der Waals surface area (Å²) in [7, 11) is 0. The Balaban J connectivity index is 0.00000161. The van der Waals surface area contributed by atoms with Crippen LogP contribution in [0.25, 0.3) is 0 Å². The van der Waals surface area contributed by atoms with Crippen molar-refractivity contribution in [1.82, 2.24) is 5.32 Å². The second-order valence-corrected chi connectivity index (χ2v) is 7.66. The first-order valence-electron chi connectivity index (χ1n) is 8.69. The Bertz CT molecular complexity index is 341. The summed E-state index contributed by atoms with van der Waals surface area (Å²) in [4.78, 5) is 12.5. The quantitative estimate of drug-likeness (QED) is 0.822. The number of rotatable bonds is 2. The van der Waals surface area contributed by atoms with Crippen molar-refractivity contribution in [2.24, 2.45) is 29.4 Å². The molecule has 1 amide bonds. The highest BCUT2D eigenvalue weighted by Gasteiger charge is 2.40. The van der Waals surface area contributed by atoms with Gasteiger partial charge in [-0.2, -0.15) is 0 Å². The summed E-state index contributed by atoms with van der Waals surface area (Å²) in [5, 5.41) is 3.33.